The Morgan fingerprint density at radius 1 is 1.00 bits per heavy atom. The zero-order chi connectivity index (χ0) is 20.6. The molecular formula is C19H23N3O5S. The number of carbonyl (C=O) groups is 2. The maximum atomic E-state index is 12.6. The lowest BCUT2D eigenvalue weighted by molar-refractivity contribution is 0.0952. The van der Waals surface area contributed by atoms with Crippen LogP contribution >= 0.6 is 0 Å². The highest BCUT2D eigenvalue weighted by atomic mass is 32.2. The first-order valence-corrected chi connectivity index (χ1v) is 10.2. The summed E-state index contributed by atoms with van der Waals surface area (Å²) in [6.07, 6.45) is -0.563. The molecule has 0 bridgehead atoms. The van der Waals surface area contributed by atoms with Crippen molar-refractivity contribution in [1.82, 2.24) is 10.6 Å². The van der Waals surface area contributed by atoms with E-state index in [1.165, 1.54) is 24.3 Å². The molecule has 2 aromatic carbocycles. The van der Waals surface area contributed by atoms with Gasteiger partial charge in [0.15, 0.2) is 0 Å². The summed E-state index contributed by atoms with van der Waals surface area (Å²) in [6, 6.07) is 12.6. The zero-order valence-electron chi connectivity index (χ0n) is 15.7. The minimum atomic E-state index is -3.83. The summed E-state index contributed by atoms with van der Waals surface area (Å²) < 4.78 is 32.3. The van der Waals surface area contributed by atoms with Gasteiger partial charge in [0.2, 0.25) is 0 Å². The summed E-state index contributed by atoms with van der Waals surface area (Å²) >= 11 is 0. The maximum absolute atomic E-state index is 12.6. The van der Waals surface area contributed by atoms with E-state index < -0.39 is 22.0 Å². The lowest BCUT2D eigenvalue weighted by Crippen LogP contribution is -2.35. The van der Waals surface area contributed by atoms with E-state index in [2.05, 4.69) is 15.4 Å². The zero-order valence-corrected chi connectivity index (χ0v) is 16.5. The molecule has 150 valence electrons. The van der Waals surface area contributed by atoms with E-state index in [4.69, 9.17) is 4.74 Å². The van der Waals surface area contributed by atoms with Crippen molar-refractivity contribution < 1.29 is 22.7 Å². The number of amides is 2. The van der Waals surface area contributed by atoms with Crippen molar-refractivity contribution in [3.63, 3.8) is 0 Å². The number of benzene rings is 2. The van der Waals surface area contributed by atoms with Gasteiger partial charge in [-0.3, -0.25) is 9.52 Å². The van der Waals surface area contributed by atoms with Gasteiger partial charge >= 0.3 is 6.09 Å². The summed E-state index contributed by atoms with van der Waals surface area (Å²) in [7, 11) is -3.83. The topological polar surface area (TPSA) is 114 Å². The molecule has 8 nitrogen and oxygen atoms in total. The molecule has 0 radical (unpaired) electrons. The molecule has 0 fully saturated rings. The molecule has 0 aliphatic carbocycles. The third-order valence-electron chi connectivity index (χ3n) is 3.67. The molecule has 2 rings (SSSR count). The number of ether oxygens (including phenoxy) is 1. The molecule has 9 heteroatoms. The SMILES string of the molecule is CCOC(=O)NCCNC(=O)c1cccc(S(=O)(=O)Nc2ccc(C)cc2)c1. The summed E-state index contributed by atoms with van der Waals surface area (Å²) in [4.78, 5) is 23.4. The van der Waals surface area contributed by atoms with Gasteiger partial charge < -0.3 is 15.4 Å². The van der Waals surface area contributed by atoms with Crippen molar-refractivity contribution >= 4 is 27.7 Å². The fourth-order valence-electron chi connectivity index (χ4n) is 2.26. The molecule has 0 heterocycles. The predicted octanol–water partition coefficient (Wildman–Crippen LogP) is 2.27. The van der Waals surface area contributed by atoms with Crippen LogP contribution in [0, 0.1) is 6.92 Å². The molecule has 0 aromatic heterocycles. The minimum Gasteiger partial charge on any atom is -0.450 e. The first-order valence-electron chi connectivity index (χ1n) is 8.70. The fourth-order valence-corrected chi connectivity index (χ4v) is 3.37. The van der Waals surface area contributed by atoms with Gasteiger partial charge in [-0.05, 0) is 44.2 Å². The van der Waals surface area contributed by atoms with Gasteiger partial charge in [0.1, 0.15) is 0 Å². The molecule has 2 amide bonds. The van der Waals surface area contributed by atoms with E-state index in [9.17, 15) is 18.0 Å². The van der Waals surface area contributed by atoms with Crippen LogP contribution in [-0.4, -0.2) is 40.1 Å². The molecule has 3 N–H and O–H groups in total. The molecule has 28 heavy (non-hydrogen) atoms. The van der Waals surface area contributed by atoms with E-state index in [-0.39, 0.29) is 30.2 Å². The Labute approximate surface area is 164 Å². The largest absolute Gasteiger partial charge is 0.450 e. The van der Waals surface area contributed by atoms with Crippen LogP contribution in [0.4, 0.5) is 10.5 Å². The van der Waals surface area contributed by atoms with Crippen molar-refractivity contribution in [3.8, 4) is 0 Å². The van der Waals surface area contributed by atoms with E-state index >= 15 is 0 Å². The van der Waals surface area contributed by atoms with Crippen molar-refractivity contribution in [2.24, 2.45) is 0 Å². The van der Waals surface area contributed by atoms with Gasteiger partial charge in [0, 0.05) is 24.3 Å². The molecule has 0 unspecified atom stereocenters. The van der Waals surface area contributed by atoms with Gasteiger partial charge in [-0.2, -0.15) is 0 Å². The van der Waals surface area contributed by atoms with Gasteiger partial charge in [0.05, 0.1) is 11.5 Å². The molecule has 0 saturated heterocycles. The summed E-state index contributed by atoms with van der Waals surface area (Å²) in [5, 5.41) is 5.08. The molecule has 0 aliphatic heterocycles. The second-order valence-corrected chi connectivity index (χ2v) is 7.58. The first kappa shape index (κ1) is 21.2. The first-order chi connectivity index (χ1) is 13.3. The number of rotatable bonds is 8. The second-order valence-electron chi connectivity index (χ2n) is 5.90. The summed E-state index contributed by atoms with van der Waals surface area (Å²) in [5.41, 5.74) is 1.65. The molecule has 2 aromatic rings. The van der Waals surface area contributed by atoms with Crippen LogP contribution in [-0.2, 0) is 14.8 Å². The van der Waals surface area contributed by atoms with Crippen LogP contribution in [0.1, 0.15) is 22.8 Å². The van der Waals surface area contributed by atoms with Crippen molar-refractivity contribution in [2.45, 2.75) is 18.7 Å². The number of sulfonamides is 1. The van der Waals surface area contributed by atoms with Gasteiger partial charge in [0.25, 0.3) is 15.9 Å². The van der Waals surface area contributed by atoms with Crippen LogP contribution in [0.25, 0.3) is 0 Å². The normalized spacial score (nSPS) is 10.8. The van der Waals surface area contributed by atoms with Crippen LogP contribution in [0.5, 0.6) is 0 Å². The number of hydrogen-bond acceptors (Lipinski definition) is 5. The number of anilines is 1. The number of hydrogen-bond donors (Lipinski definition) is 3. The fraction of sp³-hybridized carbons (Fsp3) is 0.263. The van der Waals surface area contributed by atoms with Crippen LogP contribution in [0.3, 0.4) is 0 Å². The van der Waals surface area contributed by atoms with Gasteiger partial charge in [-0.15, -0.1) is 0 Å². The number of carbonyl (C=O) groups excluding carboxylic acids is 2. The maximum Gasteiger partial charge on any atom is 0.407 e. The highest BCUT2D eigenvalue weighted by molar-refractivity contribution is 7.92. The molecule has 0 spiro atoms. The monoisotopic (exact) mass is 405 g/mol. The van der Waals surface area contributed by atoms with Crippen LogP contribution in [0.15, 0.2) is 53.4 Å². The van der Waals surface area contributed by atoms with Gasteiger partial charge in [-0.25, -0.2) is 13.2 Å². The number of nitrogens with one attached hydrogen (secondary N) is 3. The highest BCUT2D eigenvalue weighted by Gasteiger charge is 2.16. The lowest BCUT2D eigenvalue weighted by atomic mass is 10.2. The van der Waals surface area contributed by atoms with Crippen molar-refractivity contribution in [1.29, 1.82) is 0 Å². The smallest absolute Gasteiger partial charge is 0.407 e. The van der Waals surface area contributed by atoms with Crippen LogP contribution in [0.2, 0.25) is 0 Å². The molecule has 0 atom stereocenters. The van der Waals surface area contributed by atoms with E-state index in [0.717, 1.165) is 5.56 Å². The summed E-state index contributed by atoms with van der Waals surface area (Å²) in [6.45, 7) is 4.22. The Bertz CT molecular complexity index is 927. The summed E-state index contributed by atoms with van der Waals surface area (Å²) in [5.74, 6) is -0.446. The second kappa shape index (κ2) is 9.75. The average Bonchev–Trinajstić information content (AvgIpc) is 2.67. The lowest BCUT2D eigenvalue weighted by Gasteiger charge is -2.10. The predicted molar refractivity (Wildman–Crippen MR) is 106 cm³/mol. The van der Waals surface area contributed by atoms with E-state index in [1.54, 1.807) is 31.2 Å². The van der Waals surface area contributed by atoms with Gasteiger partial charge in [-0.1, -0.05) is 23.8 Å². The Balaban J connectivity index is 1.99. The molecule has 0 aliphatic rings. The van der Waals surface area contributed by atoms with E-state index in [0.29, 0.717) is 5.69 Å². The highest BCUT2D eigenvalue weighted by Crippen LogP contribution is 2.17. The number of alkyl carbamates (subject to hydrolysis) is 1. The molecular weight excluding hydrogens is 382 g/mol. The van der Waals surface area contributed by atoms with E-state index in [1.807, 2.05) is 6.92 Å². The van der Waals surface area contributed by atoms with Crippen molar-refractivity contribution in [2.75, 3.05) is 24.4 Å². The average molecular weight is 405 g/mol. The Morgan fingerprint density at radius 3 is 2.36 bits per heavy atom. The molecule has 0 saturated carbocycles. The Kier molecular flexibility index (Phi) is 7.39. The third-order valence-corrected chi connectivity index (χ3v) is 5.04. The quantitative estimate of drug-likeness (QED) is 0.583. The van der Waals surface area contributed by atoms with Crippen molar-refractivity contribution in [3.05, 3.63) is 59.7 Å². The minimum absolute atomic E-state index is 0.0228. The standard InChI is InChI=1S/C19H23N3O5S/c1-3-27-19(24)21-12-11-20-18(23)15-5-4-6-17(13-15)28(25,26)22-16-9-7-14(2)8-10-16/h4-10,13,22H,3,11-12H2,1-2H3,(H,20,23)(H,21,24). The third kappa shape index (κ3) is 6.27. The van der Waals surface area contributed by atoms with Crippen LogP contribution < -0.4 is 15.4 Å². The Morgan fingerprint density at radius 2 is 1.68 bits per heavy atom. The Hall–Kier alpha value is -3.07. The number of aryl methyl sites for hydroxylation is 1.